The molecule has 7 nitrogen and oxygen atoms in total. The average molecular weight is 295 g/mol. The fourth-order valence-corrected chi connectivity index (χ4v) is 2.81. The van der Waals surface area contributed by atoms with Crippen molar-refractivity contribution in [2.75, 3.05) is 12.8 Å². The van der Waals surface area contributed by atoms with Crippen LogP contribution in [-0.4, -0.2) is 38.1 Å². The topological polar surface area (TPSA) is 93.6 Å². The van der Waals surface area contributed by atoms with Gasteiger partial charge in [0.05, 0.1) is 11.0 Å². The van der Waals surface area contributed by atoms with Gasteiger partial charge in [0.1, 0.15) is 17.1 Å². The highest BCUT2D eigenvalue weighted by molar-refractivity contribution is 6.22. The maximum atomic E-state index is 12.2. The van der Waals surface area contributed by atoms with Gasteiger partial charge in [-0.05, 0) is 37.1 Å². The Bertz CT molecular complexity index is 1020. The number of hydrogen-bond donors (Lipinski definition) is 1. The van der Waals surface area contributed by atoms with Crippen molar-refractivity contribution < 1.29 is 9.59 Å². The van der Waals surface area contributed by atoms with E-state index < -0.39 is 11.8 Å². The first kappa shape index (κ1) is 12.8. The number of rotatable bonds is 0. The van der Waals surface area contributed by atoms with Crippen molar-refractivity contribution >= 4 is 34.4 Å². The van der Waals surface area contributed by atoms with Crippen LogP contribution in [0.5, 0.6) is 0 Å². The fraction of sp³-hybridized carbons (Fsp3) is 0.200. The van der Waals surface area contributed by atoms with Gasteiger partial charge in [0.25, 0.3) is 11.8 Å². The minimum Gasteiger partial charge on any atom is -0.384 e. The van der Waals surface area contributed by atoms with Crippen LogP contribution < -0.4 is 5.73 Å². The largest absolute Gasteiger partial charge is 0.384 e. The lowest BCUT2D eigenvalue weighted by atomic mass is 10.1. The highest BCUT2D eigenvalue weighted by atomic mass is 16.2. The quantitative estimate of drug-likeness (QED) is 0.631. The van der Waals surface area contributed by atoms with Crippen molar-refractivity contribution in [1.82, 2.24) is 19.3 Å². The predicted octanol–water partition coefficient (Wildman–Crippen LogP) is 1.31. The molecule has 7 heteroatoms. The molecule has 4 rings (SSSR count). The normalized spacial score (nSPS) is 14.4. The Balaban J connectivity index is 2.20. The van der Waals surface area contributed by atoms with E-state index in [4.69, 9.17) is 5.73 Å². The van der Waals surface area contributed by atoms with Gasteiger partial charge in [-0.25, -0.2) is 9.97 Å². The molecule has 0 spiro atoms. The van der Waals surface area contributed by atoms with Crippen molar-refractivity contribution in [3.05, 3.63) is 34.5 Å². The van der Waals surface area contributed by atoms with Crippen LogP contribution in [0, 0.1) is 13.8 Å². The molecule has 110 valence electrons. The van der Waals surface area contributed by atoms with Crippen LogP contribution in [0.25, 0.3) is 16.8 Å². The van der Waals surface area contributed by atoms with E-state index >= 15 is 0 Å². The Hall–Kier alpha value is -2.96. The molecule has 0 unspecified atom stereocenters. The van der Waals surface area contributed by atoms with Crippen molar-refractivity contribution in [1.29, 1.82) is 0 Å². The molecule has 0 saturated heterocycles. The van der Waals surface area contributed by atoms with Gasteiger partial charge < -0.3 is 5.73 Å². The summed E-state index contributed by atoms with van der Waals surface area (Å²) in [7, 11) is 1.42. The third-order valence-corrected chi connectivity index (χ3v) is 4.22. The highest BCUT2D eigenvalue weighted by Gasteiger charge is 2.38. The molecule has 22 heavy (non-hydrogen) atoms. The molecule has 1 aliphatic heterocycles. The molecule has 0 fully saturated rings. The maximum Gasteiger partial charge on any atom is 0.280 e. The summed E-state index contributed by atoms with van der Waals surface area (Å²) < 4.78 is 1.63. The summed E-state index contributed by atoms with van der Waals surface area (Å²) in [5, 5.41) is 0. The molecule has 3 aromatic rings. The van der Waals surface area contributed by atoms with E-state index in [9.17, 15) is 9.59 Å². The monoisotopic (exact) mass is 295 g/mol. The molecule has 2 N–H and O–H groups in total. The van der Waals surface area contributed by atoms with Gasteiger partial charge in [0, 0.05) is 7.05 Å². The lowest BCUT2D eigenvalue weighted by Gasteiger charge is -2.06. The standard InChI is InChI=1S/C15H13N5O2/c1-6-4-8-9(5-7(6)2)20-12(16)10-11(18-15(20)17-8)14(22)19(3)13(10)21/h4-5H,16H2,1-3H3. The number of aromatic nitrogens is 3. The number of fused-ring (bicyclic) bond motifs is 4. The Kier molecular flexibility index (Phi) is 2.21. The molecule has 3 heterocycles. The Morgan fingerprint density at radius 3 is 2.45 bits per heavy atom. The lowest BCUT2D eigenvalue weighted by Crippen LogP contribution is -2.24. The molecule has 1 aromatic carbocycles. The molecule has 0 aliphatic carbocycles. The van der Waals surface area contributed by atoms with Crippen LogP contribution in [-0.2, 0) is 0 Å². The van der Waals surface area contributed by atoms with Gasteiger partial charge in [0.2, 0.25) is 5.78 Å². The van der Waals surface area contributed by atoms with E-state index in [0.717, 1.165) is 27.1 Å². The van der Waals surface area contributed by atoms with Crippen LogP contribution in [0.15, 0.2) is 12.1 Å². The van der Waals surface area contributed by atoms with Gasteiger partial charge in [-0.2, -0.15) is 0 Å². The lowest BCUT2D eigenvalue weighted by molar-refractivity contribution is 0.0691. The SMILES string of the molecule is Cc1cc2nc3nc4c(c(N)n3c2cc1C)C(=O)N(C)C4=O. The first-order valence-corrected chi connectivity index (χ1v) is 6.81. The number of carbonyl (C=O) groups excluding carboxylic acids is 2. The van der Waals surface area contributed by atoms with Gasteiger partial charge in [-0.1, -0.05) is 0 Å². The Labute approximate surface area is 125 Å². The van der Waals surface area contributed by atoms with Crippen molar-refractivity contribution in [2.45, 2.75) is 13.8 Å². The second-order valence-corrected chi connectivity index (χ2v) is 5.56. The predicted molar refractivity (Wildman–Crippen MR) is 80.8 cm³/mol. The van der Waals surface area contributed by atoms with Crippen molar-refractivity contribution in [3.8, 4) is 0 Å². The summed E-state index contributed by atoms with van der Waals surface area (Å²) in [6, 6.07) is 3.90. The van der Waals surface area contributed by atoms with Crippen molar-refractivity contribution in [3.63, 3.8) is 0 Å². The molecule has 2 amide bonds. The zero-order valence-electron chi connectivity index (χ0n) is 12.3. The van der Waals surface area contributed by atoms with Gasteiger partial charge >= 0.3 is 0 Å². The number of benzene rings is 1. The van der Waals surface area contributed by atoms with Crippen LogP contribution in [0.3, 0.4) is 0 Å². The smallest absolute Gasteiger partial charge is 0.280 e. The van der Waals surface area contributed by atoms with E-state index in [-0.39, 0.29) is 17.1 Å². The van der Waals surface area contributed by atoms with E-state index in [0.29, 0.717) is 5.78 Å². The number of nitrogens with two attached hydrogens (primary N) is 1. The summed E-state index contributed by atoms with van der Waals surface area (Å²) in [6.45, 7) is 3.99. The summed E-state index contributed by atoms with van der Waals surface area (Å²) in [6.07, 6.45) is 0. The van der Waals surface area contributed by atoms with Crippen LogP contribution >= 0.6 is 0 Å². The second-order valence-electron chi connectivity index (χ2n) is 5.56. The second kappa shape index (κ2) is 3.82. The van der Waals surface area contributed by atoms with Crippen LogP contribution in [0.1, 0.15) is 32.0 Å². The van der Waals surface area contributed by atoms with E-state index in [1.54, 1.807) is 4.40 Å². The molecule has 0 radical (unpaired) electrons. The number of nitrogens with zero attached hydrogens (tertiary/aromatic N) is 4. The molecular formula is C15H13N5O2. The number of aryl methyl sites for hydroxylation is 2. The summed E-state index contributed by atoms with van der Waals surface area (Å²) >= 11 is 0. The maximum absolute atomic E-state index is 12.2. The van der Waals surface area contributed by atoms with Gasteiger partial charge in [0.15, 0.2) is 0 Å². The Morgan fingerprint density at radius 1 is 1.05 bits per heavy atom. The molecule has 1 aliphatic rings. The summed E-state index contributed by atoms with van der Waals surface area (Å²) in [5.74, 6) is -0.354. The third kappa shape index (κ3) is 1.35. The molecule has 2 aromatic heterocycles. The van der Waals surface area contributed by atoms with E-state index in [1.807, 2.05) is 26.0 Å². The first-order valence-electron chi connectivity index (χ1n) is 6.81. The number of imidazole rings is 1. The third-order valence-electron chi connectivity index (χ3n) is 4.22. The first-order chi connectivity index (χ1) is 10.4. The summed E-state index contributed by atoms with van der Waals surface area (Å²) in [5.41, 5.74) is 10.1. The average Bonchev–Trinajstić information content (AvgIpc) is 2.92. The molecule has 0 saturated carbocycles. The minimum atomic E-state index is -0.450. The van der Waals surface area contributed by atoms with Crippen LogP contribution in [0.2, 0.25) is 0 Å². The molecule has 0 bridgehead atoms. The van der Waals surface area contributed by atoms with Gasteiger partial charge in [-0.15, -0.1) is 0 Å². The van der Waals surface area contributed by atoms with Gasteiger partial charge in [-0.3, -0.25) is 18.9 Å². The zero-order chi connectivity index (χ0) is 15.8. The van der Waals surface area contributed by atoms with Crippen LogP contribution in [0.4, 0.5) is 5.82 Å². The molecular weight excluding hydrogens is 282 g/mol. The minimum absolute atomic E-state index is 0.0706. The number of amides is 2. The van der Waals surface area contributed by atoms with E-state index in [1.165, 1.54) is 7.05 Å². The number of hydrogen-bond acceptors (Lipinski definition) is 5. The van der Waals surface area contributed by atoms with Crippen molar-refractivity contribution in [2.24, 2.45) is 0 Å². The highest BCUT2D eigenvalue weighted by Crippen LogP contribution is 2.29. The zero-order valence-corrected chi connectivity index (χ0v) is 12.3. The van der Waals surface area contributed by atoms with E-state index in [2.05, 4.69) is 9.97 Å². The number of carbonyl (C=O) groups is 2. The fourth-order valence-electron chi connectivity index (χ4n) is 2.81. The molecule has 0 atom stereocenters. The summed E-state index contributed by atoms with van der Waals surface area (Å²) in [4.78, 5) is 34.0. The number of nitrogen functional groups attached to an aromatic ring is 1. The Morgan fingerprint density at radius 2 is 1.73 bits per heavy atom. The number of anilines is 1. The number of imide groups is 1.